The van der Waals surface area contributed by atoms with Gasteiger partial charge in [-0.1, -0.05) is 37.6 Å². The van der Waals surface area contributed by atoms with E-state index in [9.17, 15) is 4.79 Å². The third-order valence-electron chi connectivity index (χ3n) is 3.06. The molecule has 0 fully saturated rings. The fourth-order valence-corrected chi connectivity index (χ4v) is 2.32. The molecule has 0 aromatic heterocycles. The first-order chi connectivity index (χ1) is 9.06. The van der Waals surface area contributed by atoms with Gasteiger partial charge in [-0.05, 0) is 43.6 Å². The molecule has 0 saturated carbocycles. The van der Waals surface area contributed by atoms with E-state index in [1.54, 1.807) is 0 Å². The summed E-state index contributed by atoms with van der Waals surface area (Å²) < 4.78 is 0. The molecular weight excluding hydrogens is 295 g/mol. The van der Waals surface area contributed by atoms with Crippen molar-refractivity contribution < 1.29 is 4.79 Å². The zero-order valence-electron chi connectivity index (χ0n) is 12.3. The first-order valence-corrected chi connectivity index (χ1v) is 7.11. The SMILES string of the molecule is CNCCCNC(=O)C(c1cccc(Cl)c1)C(C)C.Cl. The molecule has 0 aliphatic carbocycles. The van der Waals surface area contributed by atoms with Gasteiger partial charge in [-0.25, -0.2) is 0 Å². The number of carbonyl (C=O) groups is 1. The highest BCUT2D eigenvalue weighted by Crippen LogP contribution is 2.26. The maximum atomic E-state index is 12.3. The predicted molar refractivity (Wildman–Crippen MR) is 87.8 cm³/mol. The van der Waals surface area contributed by atoms with Gasteiger partial charge in [0.05, 0.1) is 5.92 Å². The lowest BCUT2D eigenvalue weighted by molar-refractivity contribution is -0.123. The molecule has 0 bridgehead atoms. The molecule has 0 spiro atoms. The van der Waals surface area contributed by atoms with Crippen molar-refractivity contribution in [1.29, 1.82) is 0 Å². The molecule has 1 aromatic carbocycles. The lowest BCUT2D eigenvalue weighted by Gasteiger charge is -2.21. The molecule has 0 saturated heterocycles. The third-order valence-corrected chi connectivity index (χ3v) is 3.29. The van der Waals surface area contributed by atoms with Gasteiger partial charge in [-0.2, -0.15) is 0 Å². The Hall–Kier alpha value is -0.770. The molecule has 1 amide bonds. The monoisotopic (exact) mass is 318 g/mol. The zero-order chi connectivity index (χ0) is 14.3. The maximum Gasteiger partial charge on any atom is 0.227 e. The van der Waals surface area contributed by atoms with Gasteiger partial charge in [0.15, 0.2) is 0 Å². The Morgan fingerprint density at radius 2 is 2.00 bits per heavy atom. The number of hydrogen-bond donors (Lipinski definition) is 2. The summed E-state index contributed by atoms with van der Waals surface area (Å²) in [5.41, 5.74) is 0.980. The van der Waals surface area contributed by atoms with Crippen LogP contribution in [0.4, 0.5) is 0 Å². The average Bonchev–Trinajstić information content (AvgIpc) is 2.34. The number of carbonyl (C=O) groups excluding carboxylic acids is 1. The quantitative estimate of drug-likeness (QED) is 0.758. The Morgan fingerprint density at radius 3 is 2.55 bits per heavy atom. The van der Waals surface area contributed by atoms with Gasteiger partial charge in [-0.3, -0.25) is 4.79 Å². The lowest BCUT2D eigenvalue weighted by atomic mass is 9.87. The number of hydrogen-bond acceptors (Lipinski definition) is 2. The van der Waals surface area contributed by atoms with E-state index in [0.29, 0.717) is 11.6 Å². The van der Waals surface area contributed by atoms with Crippen molar-refractivity contribution in [3.8, 4) is 0 Å². The van der Waals surface area contributed by atoms with Crippen LogP contribution in [-0.2, 0) is 4.79 Å². The average molecular weight is 319 g/mol. The Balaban J connectivity index is 0.00000361. The summed E-state index contributed by atoms with van der Waals surface area (Å²) in [5, 5.41) is 6.73. The first kappa shape index (κ1) is 19.2. The molecule has 0 aliphatic rings. The minimum atomic E-state index is -0.145. The Kier molecular flexibility index (Phi) is 9.64. The number of amides is 1. The minimum absolute atomic E-state index is 0. The van der Waals surface area contributed by atoms with Crippen LogP contribution in [0.1, 0.15) is 31.7 Å². The van der Waals surface area contributed by atoms with Crippen molar-refractivity contribution in [1.82, 2.24) is 10.6 Å². The Morgan fingerprint density at radius 1 is 1.30 bits per heavy atom. The fraction of sp³-hybridized carbons (Fsp3) is 0.533. The van der Waals surface area contributed by atoms with Gasteiger partial charge in [0.25, 0.3) is 0 Å². The Bertz CT molecular complexity index is 411. The van der Waals surface area contributed by atoms with E-state index in [-0.39, 0.29) is 30.2 Å². The van der Waals surface area contributed by atoms with Crippen LogP contribution in [-0.4, -0.2) is 26.0 Å². The highest BCUT2D eigenvalue weighted by molar-refractivity contribution is 6.30. The number of halogens is 2. The van der Waals surface area contributed by atoms with E-state index in [2.05, 4.69) is 24.5 Å². The van der Waals surface area contributed by atoms with Crippen LogP contribution >= 0.6 is 24.0 Å². The van der Waals surface area contributed by atoms with Gasteiger partial charge in [-0.15, -0.1) is 12.4 Å². The van der Waals surface area contributed by atoms with Crippen molar-refractivity contribution in [3.63, 3.8) is 0 Å². The summed E-state index contributed by atoms with van der Waals surface area (Å²) in [5.74, 6) is 0.171. The fourth-order valence-electron chi connectivity index (χ4n) is 2.13. The lowest BCUT2D eigenvalue weighted by Crippen LogP contribution is -2.33. The van der Waals surface area contributed by atoms with E-state index >= 15 is 0 Å². The van der Waals surface area contributed by atoms with Crippen molar-refractivity contribution in [2.24, 2.45) is 5.92 Å². The second-order valence-electron chi connectivity index (χ2n) is 5.02. The molecule has 1 rings (SSSR count). The molecule has 0 aliphatic heterocycles. The first-order valence-electron chi connectivity index (χ1n) is 6.74. The second kappa shape index (κ2) is 10.0. The largest absolute Gasteiger partial charge is 0.356 e. The van der Waals surface area contributed by atoms with Gasteiger partial charge < -0.3 is 10.6 Å². The summed E-state index contributed by atoms with van der Waals surface area (Å²) >= 11 is 6.00. The minimum Gasteiger partial charge on any atom is -0.356 e. The summed E-state index contributed by atoms with van der Waals surface area (Å²) in [4.78, 5) is 12.3. The van der Waals surface area contributed by atoms with Gasteiger partial charge in [0.1, 0.15) is 0 Å². The number of nitrogens with one attached hydrogen (secondary N) is 2. The molecule has 20 heavy (non-hydrogen) atoms. The van der Waals surface area contributed by atoms with Gasteiger partial charge >= 0.3 is 0 Å². The normalized spacial score (nSPS) is 11.8. The molecule has 1 atom stereocenters. The summed E-state index contributed by atoms with van der Waals surface area (Å²) in [7, 11) is 1.91. The summed E-state index contributed by atoms with van der Waals surface area (Å²) in [6.45, 7) is 5.71. The van der Waals surface area contributed by atoms with Crippen LogP contribution in [0.3, 0.4) is 0 Å². The molecule has 1 aromatic rings. The van der Waals surface area contributed by atoms with E-state index in [1.807, 2.05) is 31.3 Å². The van der Waals surface area contributed by atoms with Crippen LogP contribution in [0, 0.1) is 5.92 Å². The van der Waals surface area contributed by atoms with E-state index in [1.165, 1.54) is 0 Å². The van der Waals surface area contributed by atoms with Crippen LogP contribution in [0.25, 0.3) is 0 Å². The summed E-state index contributed by atoms with van der Waals surface area (Å²) in [6.07, 6.45) is 0.933. The van der Waals surface area contributed by atoms with E-state index in [4.69, 9.17) is 11.6 Å². The molecule has 0 radical (unpaired) electrons. The third kappa shape index (κ3) is 6.12. The molecular formula is C15H24Cl2N2O. The predicted octanol–water partition coefficient (Wildman–Crippen LogP) is 3.23. The van der Waals surface area contributed by atoms with Crippen molar-refractivity contribution in [3.05, 3.63) is 34.9 Å². The topological polar surface area (TPSA) is 41.1 Å². The second-order valence-corrected chi connectivity index (χ2v) is 5.46. The molecule has 1 unspecified atom stereocenters. The van der Waals surface area contributed by atoms with Crippen molar-refractivity contribution >= 4 is 29.9 Å². The van der Waals surface area contributed by atoms with Crippen LogP contribution in [0.5, 0.6) is 0 Å². The number of benzene rings is 1. The molecule has 114 valence electrons. The smallest absolute Gasteiger partial charge is 0.227 e. The van der Waals surface area contributed by atoms with E-state index in [0.717, 1.165) is 18.5 Å². The van der Waals surface area contributed by atoms with Gasteiger partial charge in [0, 0.05) is 11.6 Å². The van der Waals surface area contributed by atoms with Crippen molar-refractivity contribution in [2.75, 3.05) is 20.1 Å². The Labute approximate surface area is 132 Å². The van der Waals surface area contributed by atoms with Crippen LogP contribution in [0.15, 0.2) is 24.3 Å². The summed E-state index contributed by atoms with van der Waals surface area (Å²) in [6, 6.07) is 7.55. The molecule has 5 heteroatoms. The van der Waals surface area contributed by atoms with Crippen LogP contribution in [0.2, 0.25) is 5.02 Å². The zero-order valence-corrected chi connectivity index (χ0v) is 13.9. The molecule has 0 heterocycles. The molecule has 2 N–H and O–H groups in total. The highest BCUT2D eigenvalue weighted by atomic mass is 35.5. The number of rotatable bonds is 7. The van der Waals surface area contributed by atoms with Gasteiger partial charge in [0.2, 0.25) is 5.91 Å². The molecule has 3 nitrogen and oxygen atoms in total. The van der Waals surface area contributed by atoms with Crippen LogP contribution < -0.4 is 10.6 Å². The maximum absolute atomic E-state index is 12.3. The standard InChI is InChI=1S/C15H23ClN2O.ClH/c1-11(2)14(12-6-4-7-13(16)10-12)15(19)18-9-5-8-17-3;/h4,6-7,10-11,14,17H,5,8-9H2,1-3H3,(H,18,19);1H. The highest BCUT2D eigenvalue weighted by Gasteiger charge is 2.23. The van der Waals surface area contributed by atoms with E-state index < -0.39 is 0 Å². The van der Waals surface area contributed by atoms with Crippen molar-refractivity contribution in [2.45, 2.75) is 26.2 Å².